The summed E-state index contributed by atoms with van der Waals surface area (Å²) in [5.74, 6) is 1.88. The van der Waals surface area contributed by atoms with E-state index in [1.165, 1.54) is 0 Å². The molecule has 5 heterocycles. The van der Waals surface area contributed by atoms with Gasteiger partial charge in [-0.1, -0.05) is 0 Å². The number of pyridine rings is 2. The molecule has 12 nitrogen and oxygen atoms in total. The number of imidazole rings is 1. The molecule has 36 heavy (non-hydrogen) atoms. The van der Waals surface area contributed by atoms with Crippen molar-refractivity contribution in [2.45, 2.75) is 13.5 Å². The summed E-state index contributed by atoms with van der Waals surface area (Å²) in [5.41, 5.74) is 4.58. The number of nitrogens with one attached hydrogen (secondary N) is 2. The Bertz CT molecular complexity index is 1420. The van der Waals surface area contributed by atoms with Gasteiger partial charge in [-0.3, -0.25) is 9.80 Å². The Morgan fingerprint density at radius 2 is 1.86 bits per heavy atom. The molecule has 1 fully saturated rings. The zero-order chi connectivity index (χ0) is 25.1. The van der Waals surface area contributed by atoms with Crippen LogP contribution in [-0.4, -0.2) is 87.3 Å². The molecule has 0 spiro atoms. The summed E-state index contributed by atoms with van der Waals surface area (Å²) in [6, 6.07) is 5.72. The van der Waals surface area contributed by atoms with Crippen LogP contribution in [0.2, 0.25) is 0 Å². The lowest BCUT2D eigenvalue weighted by molar-refractivity contribution is 0.142. The second kappa shape index (κ2) is 10.5. The molecule has 4 aromatic rings. The number of fused-ring (bicyclic) bond motifs is 1. The Labute approximate surface area is 209 Å². The van der Waals surface area contributed by atoms with Gasteiger partial charge >= 0.3 is 0 Å². The minimum atomic E-state index is -2.40. The van der Waals surface area contributed by atoms with Crippen molar-refractivity contribution in [3.8, 4) is 17.1 Å². The van der Waals surface area contributed by atoms with Gasteiger partial charge in [0.15, 0.2) is 16.4 Å². The lowest BCUT2D eigenvalue weighted by Gasteiger charge is -2.33. The summed E-state index contributed by atoms with van der Waals surface area (Å²) < 4.78 is 27.2. The van der Waals surface area contributed by atoms with E-state index in [1.54, 1.807) is 25.7 Å². The van der Waals surface area contributed by atoms with E-state index in [-0.39, 0.29) is 5.88 Å². The highest BCUT2D eigenvalue weighted by Crippen LogP contribution is 2.32. The fraction of sp³-hybridized carbons (Fsp3) is 0.348. The maximum atomic E-state index is 11.0. The fourth-order valence-corrected chi connectivity index (χ4v) is 4.84. The second-order valence-electron chi connectivity index (χ2n) is 8.54. The van der Waals surface area contributed by atoms with Crippen LogP contribution in [0.25, 0.3) is 22.4 Å². The number of piperazine rings is 1. The molecule has 0 unspecified atom stereocenters. The van der Waals surface area contributed by atoms with E-state index in [0.717, 1.165) is 29.9 Å². The number of H-pyrrole nitrogens is 1. The summed E-state index contributed by atoms with van der Waals surface area (Å²) in [5, 5.41) is 3.35. The quantitative estimate of drug-likeness (QED) is 0.298. The van der Waals surface area contributed by atoms with Crippen molar-refractivity contribution >= 4 is 33.4 Å². The highest BCUT2D eigenvalue weighted by Gasteiger charge is 2.20. The molecule has 0 saturated carbocycles. The van der Waals surface area contributed by atoms with Crippen molar-refractivity contribution in [1.29, 1.82) is 0 Å². The zero-order valence-corrected chi connectivity index (χ0v) is 20.9. The van der Waals surface area contributed by atoms with Gasteiger partial charge in [0.25, 0.3) is 0 Å². The van der Waals surface area contributed by atoms with Crippen molar-refractivity contribution in [1.82, 2.24) is 39.7 Å². The average Bonchev–Trinajstić information content (AvgIpc) is 3.34. The first-order chi connectivity index (χ1) is 17.5. The standard InChI is InChI=1S/C23H27N9O3S/c1-15-28-20(21-23(29-15)27-13-26-21)18-9-16(12-31-5-7-32(8-6-31)14-36(33)34)10-25-22(18)30-17-3-4-19(35-2)24-11-17/h3-4,9-11,13,36H,5-8,12,14H2,1-2H3,(H,25,30)(H,26,27,28,29). The van der Waals surface area contributed by atoms with Gasteiger partial charge in [0.2, 0.25) is 5.88 Å². The molecule has 5 rings (SSSR count). The molecule has 1 saturated heterocycles. The molecule has 2 N–H and O–H groups in total. The third kappa shape index (κ3) is 5.42. The van der Waals surface area contributed by atoms with Crippen LogP contribution in [0.5, 0.6) is 5.88 Å². The van der Waals surface area contributed by atoms with Crippen molar-refractivity contribution in [2.75, 3.05) is 44.5 Å². The molecule has 1 aliphatic heterocycles. The van der Waals surface area contributed by atoms with Crippen LogP contribution in [0.1, 0.15) is 11.4 Å². The van der Waals surface area contributed by atoms with Gasteiger partial charge in [-0.05, 0) is 24.6 Å². The monoisotopic (exact) mass is 509 g/mol. The summed E-state index contributed by atoms with van der Waals surface area (Å²) in [6.07, 6.45) is 5.14. The lowest BCUT2D eigenvalue weighted by Crippen LogP contribution is -2.46. The van der Waals surface area contributed by atoms with Crippen molar-refractivity contribution in [3.05, 3.63) is 48.3 Å². The number of nitrogens with zero attached hydrogens (tertiary/aromatic N) is 7. The minimum absolute atomic E-state index is 0.113. The second-order valence-corrected chi connectivity index (χ2v) is 9.49. The van der Waals surface area contributed by atoms with Gasteiger partial charge in [-0.2, -0.15) is 0 Å². The molecule has 13 heteroatoms. The van der Waals surface area contributed by atoms with Gasteiger partial charge in [-0.25, -0.2) is 33.3 Å². The third-order valence-electron chi connectivity index (χ3n) is 5.98. The highest BCUT2D eigenvalue weighted by molar-refractivity contribution is 7.72. The molecule has 4 aromatic heterocycles. The number of rotatable bonds is 8. The van der Waals surface area contributed by atoms with Crippen LogP contribution in [-0.2, 0) is 17.2 Å². The predicted octanol–water partition coefficient (Wildman–Crippen LogP) is 1.56. The smallest absolute Gasteiger partial charge is 0.213 e. The van der Waals surface area contributed by atoms with Crippen LogP contribution in [0.4, 0.5) is 11.5 Å². The third-order valence-corrected chi connectivity index (χ3v) is 6.62. The summed E-state index contributed by atoms with van der Waals surface area (Å²) >= 11 is 0. The summed E-state index contributed by atoms with van der Waals surface area (Å²) in [6.45, 7) is 5.53. The fourth-order valence-electron chi connectivity index (χ4n) is 4.23. The number of hydrogen-bond donors (Lipinski definition) is 3. The first kappa shape index (κ1) is 24.0. The van der Waals surface area contributed by atoms with E-state index in [9.17, 15) is 8.42 Å². The normalized spacial score (nSPS) is 15.0. The van der Waals surface area contributed by atoms with Crippen LogP contribution in [0.15, 0.2) is 36.9 Å². The van der Waals surface area contributed by atoms with Crippen molar-refractivity contribution in [3.63, 3.8) is 0 Å². The van der Waals surface area contributed by atoms with E-state index in [1.807, 2.05) is 24.1 Å². The minimum Gasteiger partial charge on any atom is -0.481 e. The molecule has 0 bridgehead atoms. The maximum absolute atomic E-state index is 11.0. The Morgan fingerprint density at radius 1 is 1.06 bits per heavy atom. The van der Waals surface area contributed by atoms with Crippen LogP contribution >= 0.6 is 0 Å². The predicted molar refractivity (Wildman–Crippen MR) is 136 cm³/mol. The number of aromatic nitrogens is 6. The van der Waals surface area contributed by atoms with E-state index in [2.05, 4.69) is 36.2 Å². The molecule has 1 aliphatic rings. The Hall–Kier alpha value is -3.68. The Kier molecular flexibility index (Phi) is 7.02. The number of anilines is 2. The van der Waals surface area contributed by atoms with Crippen molar-refractivity contribution in [2.24, 2.45) is 0 Å². The lowest BCUT2D eigenvalue weighted by atomic mass is 10.1. The number of methoxy groups -OCH3 is 1. The van der Waals surface area contributed by atoms with Gasteiger partial charge in [0.05, 0.1) is 31.2 Å². The van der Waals surface area contributed by atoms with E-state index < -0.39 is 10.7 Å². The molecular weight excluding hydrogens is 482 g/mol. The molecule has 0 amide bonds. The average molecular weight is 510 g/mol. The van der Waals surface area contributed by atoms with Crippen LogP contribution in [0, 0.1) is 6.92 Å². The van der Waals surface area contributed by atoms with Crippen LogP contribution < -0.4 is 10.1 Å². The highest BCUT2D eigenvalue weighted by atomic mass is 32.2. The van der Waals surface area contributed by atoms with Gasteiger partial charge in [-0.15, -0.1) is 0 Å². The van der Waals surface area contributed by atoms with Crippen LogP contribution in [0.3, 0.4) is 0 Å². The zero-order valence-electron chi connectivity index (χ0n) is 20.0. The molecule has 0 aliphatic carbocycles. The Balaban J connectivity index is 1.46. The first-order valence-electron chi connectivity index (χ1n) is 11.5. The van der Waals surface area contributed by atoms with Gasteiger partial charge in [0, 0.05) is 50.6 Å². The molecule has 0 atom stereocenters. The van der Waals surface area contributed by atoms with Crippen molar-refractivity contribution < 1.29 is 13.2 Å². The number of aromatic amines is 1. The Morgan fingerprint density at radius 3 is 2.58 bits per heavy atom. The number of aryl methyl sites for hydroxylation is 1. The molecule has 0 radical (unpaired) electrons. The number of hydrogen-bond acceptors (Lipinski definition) is 11. The first-order valence-corrected chi connectivity index (χ1v) is 12.9. The largest absolute Gasteiger partial charge is 0.481 e. The number of ether oxygens (including phenoxy) is 1. The molecular formula is C23H27N9O3S. The summed E-state index contributed by atoms with van der Waals surface area (Å²) in [4.78, 5) is 30.0. The molecule has 188 valence electrons. The molecule has 0 aromatic carbocycles. The van der Waals surface area contributed by atoms with Gasteiger partial charge in [0.1, 0.15) is 22.9 Å². The maximum Gasteiger partial charge on any atom is 0.213 e. The topological polar surface area (TPSA) is 142 Å². The number of thiol groups is 1. The SMILES string of the molecule is COc1ccc(Nc2ncc(CN3CCN(C[SH](=O)=O)CC3)cc2-c2nc(C)nc3[nH]cnc23)cn1. The van der Waals surface area contributed by atoms with E-state index in [4.69, 9.17) is 14.7 Å². The van der Waals surface area contributed by atoms with Gasteiger partial charge < -0.3 is 15.0 Å². The summed E-state index contributed by atoms with van der Waals surface area (Å²) in [7, 11) is -0.824. The van der Waals surface area contributed by atoms with E-state index >= 15 is 0 Å². The van der Waals surface area contributed by atoms with E-state index in [0.29, 0.717) is 54.0 Å².